The van der Waals surface area contributed by atoms with Gasteiger partial charge in [-0.25, -0.2) is 0 Å². The van der Waals surface area contributed by atoms with Gasteiger partial charge in [0.1, 0.15) is 0 Å². The average molecular weight is 259 g/mol. The highest BCUT2D eigenvalue weighted by molar-refractivity contribution is 6.42. The van der Waals surface area contributed by atoms with Gasteiger partial charge in [0.25, 0.3) is 0 Å². The first-order valence-corrected chi connectivity index (χ1v) is 6.23. The molecule has 2 nitrogen and oxygen atoms in total. The number of nitrogens with one attached hydrogen (secondary N) is 1. The molecule has 0 radical (unpaired) electrons. The number of benzene rings is 1. The van der Waals surface area contributed by atoms with E-state index in [4.69, 9.17) is 23.2 Å². The monoisotopic (exact) mass is 258 g/mol. The molecule has 1 N–H and O–H groups in total. The molecule has 16 heavy (non-hydrogen) atoms. The van der Waals surface area contributed by atoms with E-state index in [9.17, 15) is 0 Å². The van der Waals surface area contributed by atoms with Crippen molar-refractivity contribution in [2.45, 2.75) is 25.4 Å². The van der Waals surface area contributed by atoms with Crippen molar-refractivity contribution in [2.24, 2.45) is 0 Å². The third-order valence-electron chi connectivity index (χ3n) is 3.18. The highest BCUT2D eigenvalue weighted by atomic mass is 35.5. The van der Waals surface area contributed by atoms with Crippen LogP contribution >= 0.6 is 23.2 Å². The Balaban J connectivity index is 2.02. The van der Waals surface area contributed by atoms with Gasteiger partial charge in [0.15, 0.2) is 0 Å². The van der Waals surface area contributed by atoms with Crippen LogP contribution in [-0.2, 0) is 0 Å². The molecule has 2 atom stereocenters. The summed E-state index contributed by atoms with van der Waals surface area (Å²) in [4.78, 5) is 2.36. The molecular weight excluding hydrogens is 243 g/mol. The van der Waals surface area contributed by atoms with Gasteiger partial charge >= 0.3 is 0 Å². The molecule has 2 rings (SSSR count). The average Bonchev–Trinajstić information content (AvgIpc) is 2.52. The van der Waals surface area contributed by atoms with Crippen LogP contribution in [0, 0.1) is 0 Å². The maximum absolute atomic E-state index is 5.97. The van der Waals surface area contributed by atoms with Crippen molar-refractivity contribution < 1.29 is 0 Å². The Labute approximate surface area is 107 Å². The van der Waals surface area contributed by atoms with E-state index >= 15 is 0 Å². The van der Waals surface area contributed by atoms with Gasteiger partial charge in [0, 0.05) is 24.3 Å². The van der Waals surface area contributed by atoms with Gasteiger partial charge < -0.3 is 10.2 Å². The number of anilines is 1. The molecule has 1 heterocycles. The van der Waals surface area contributed by atoms with Crippen molar-refractivity contribution in [3.8, 4) is 0 Å². The molecule has 0 bridgehead atoms. The fourth-order valence-electron chi connectivity index (χ4n) is 2.12. The molecule has 4 heteroatoms. The Kier molecular flexibility index (Phi) is 3.63. The molecule has 1 aliphatic rings. The lowest BCUT2D eigenvalue weighted by Crippen LogP contribution is -2.24. The van der Waals surface area contributed by atoms with Gasteiger partial charge in [-0.3, -0.25) is 0 Å². The van der Waals surface area contributed by atoms with Gasteiger partial charge in [-0.1, -0.05) is 23.2 Å². The summed E-state index contributed by atoms with van der Waals surface area (Å²) in [5.74, 6) is 0. The van der Waals surface area contributed by atoms with Crippen LogP contribution in [0.4, 0.5) is 5.69 Å². The molecule has 0 saturated carbocycles. The summed E-state index contributed by atoms with van der Waals surface area (Å²) in [7, 11) is 2.15. The lowest BCUT2D eigenvalue weighted by Gasteiger charge is -2.14. The second-order valence-electron chi connectivity index (χ2n) is 4.49. The minimum absolute atomic E-state index is 0.497. The maximum atomic E-state index is 5.97. The number of halogens is 2. The van der Waals surface area contributed by atoms with E-state index in [0.717, 1.165) is 18.7 Å². The Morgan fingerprint density at radius 3 is 2.62 bits per heavy atom. The van der Waals surface area contributed by atoms with Crippen LogP contribution in [0.25, 0.3) is 0 Å². The van der Waals surface area contributed by atoms with E-state index < -0.39 is 0 Å². The SMILES string of the molecule is CC1CC(Nc2ccc(Cl)c(Cl)c2)CN1C. The molecule has 88 valence electrons. The molecule has 1 fully saturated rings. The number of hydrogen-bond acceptors (Lipinski definition) is 2. The number of nitrogens with zero attached hydrogens (tertiary/aromatic N) is 1. The third kappa shape index (κ3) is 2.62. The molecule has 1 aromatic rings. The van der Waals surface area contributed by atoms with Gasteiger partial charge in [0.2, 0.25) is 0 Å². The van der Waals surface area contributed by atoms with E-state index in [1.165, 1.54) is 0 Å². The minimum atomic E-state index is 0.497. The number of likely N-dealkylation sites (N-methyl/N-ethyl adjacent to an activating group) is 1. The van der Waals surface area contributed by atoms with Gasteiger partial charge in [0.05, 0.1) is 10.0 Å². The molecule has 0 aromatic heterocycles. The molecule has 1 saturated heterocycles. The first kappa shape index (κ1) is 12.0. The van der Waals surface area contributed by atoms with E-state index in [1.807, 2.05) is 18.2 Å². The molecule has 2 unspecified atom stereocenters. The number of hydrogen-bond donors (Lipinski definition) is 1. The van der Waals surface area contributed by atoms with Crippen molar-refractivity contribution in [3.63, 3.8) is 0 Å². The second-order valence-corrected chi connectivity index (χ2v) is 5.31. The van der Waals surface area contributed by atoms with Crippen LogP contribution in [0.1, 0.15) is 13.3 Å². The fraction of sp³-hybridized carbons (Fsp3) is 0.500. The zero-order valence-corrected chi connectivity index (χ0v) is 11.0. The summed E-state index contributed by atoms with van der Waals surface area (Å²) in [5.41, 5.74) is 1.04. The van der Waals surface area contributed by atoms with E-state index in [1.54, 1.807) is 0 Å². The second kappa shape index (κ2) is 4.82. The van der Waals surface area contributed by atoms with Crippen LogP contribution < -0.4 is 5.32 Å². The topological polar surface area (TPSA) is 15.3 Å². The zero-order valence-electron chi connectivity index (χ0n) is 9.50. The van der Waals surface area contributed by atoms with Crippen LogP contribution in [0.3, 0.4) is 0 Å². The number of rotatable bonds is 2. The minimum Gasteiger partial charge on any atom is -0.381 e. The van der Waals surface area contributed by atoms with Crippen LogP contribution in [-0.4, -0.2) is 30.6 Å². The van der Waals surface area contributed by atoms with Crippen LogP contribution in [0.15, 0.2) is 18.2 Å². The maximum Gasteiger partial charge on any atom is 0.0612 e. The predicted molar refractivity (Wildman–Crippen MR) is 70.6 cm³/mol. The largest absolute Gasteiger partial charge is 0.381 e. The first-order chi connectivity index (χ1) is 7.56. The lowest BCUT2D eigenvalue weighted by atomic mass is 10.2. The summed E-state index contributed by atoms with van der Waals surface area (Å²) in [6, 6.07) is 6.82. The molecule has 1 aromatic carbocycles. The van der Waals surface area contributed by atoms with Gasteiger partial charge in [-0.2, -0.15) is 0 Å². The lowest BCUT2D eigenvalue weighted by molar-refractivity contribution is 0.330. The summed E-state index contributed by atoms with van der Waals surface area (Å²) in [6.45, 7) is 3.32. The zero-order chi connectivity index (χ0) is 11.7. The summed E-state index contributed by atoms with van der Waals surface area (Å²) < 4.78 is 0. The highest BCUT2D eigenvalue weighted by Gasteiger charge is 2.25. The predicted octanol–water partition coefficient (Wildman–Crippen LogP) is 3.50. The molecular formula is C12H16Cl2N2. The number of likely N-dealkylation sites (tertiary alicyclic amines) is 1. The van der Waals surface area contributed by atoms with Gasteiger partial charge in [-0.05, 0) is 38.6 Å². The Morgan fingerprint density at radius 1 is 1.31 bits per heavy atom. The molecule has 0 amide bonds. The van der Waals surface area contributed by atoms with Crippen molar-refractivity contribution in [2.75, 3.05) is 18.9 Å². The Hall–Kier alpha value is -0.440. The quantitative estimate of drug-likeness (QED) is 0.874. The summed E-state index contributed by atoms with van der Waals surface area (Å²) in [6.07, 6.45) is 1.16. The Morgan fingerprint density at radius 2 is 2.06 bits per heavy atom. The van der Waals surface area contributed by atoms with E-state index in [0.29, 0.717) is 22.1 Å². The van der Waals surface area contributed by atoms with E-state index in [2.05, 4.69) is 24.2 Å². The van der Waals surface area contributed by atoms with Crippen LogP contribution in [0.5, 0.6) is 0 Å². The molecule has 0 aliphatic carbocycles. The highest BCUT2D eigenvalue weighted by Crippen LogP contribution is 2.26. The Bertz CT molecular complexity index is 371. The van der Waals surface area contributed by atoms with Gasteiger partial charge in [-0.15, -0.1) is 0 Å². The summed E-state index contributed by atoms with van der Waals surface area (Å²) >= 11 is 11.8. The normalized spacial score (nSPS) is 26.0. The third-order valence-corrected chi connectivity index (χ3v) is 3.92. The van der Waals surface area contributed by atoms with Crippen molar-refractivity contribution >= 4 is 28.9 Å². The standard InChI is InChI=1S/C12H16Cl2N2/c1-8-5-10(7-16(8)2)15-9-3-4-11(13)12(14)6-9/h3-4,6,8,10,15H,5,7H2,1-2H3. The summed E-state index contributed by atoms with van der Waals surface area (Å²) in [5, 5.41) is 4.69. The van der Waals surface area contributed by atoms with E-state index in [-0.39, 0.29) is 0 Å². The molecule has 0 spiro atoms. The molecule has 1 aliphatic heterocycles. The first-order valence-electron chi connectivity index (χ1n) is 5.48. The van der Waals surface area contributed by atoms with Crippen molar-refractivity contribution in [3.05, 3.63) is 28.2 Å². The van der Waals surface area contributed by atoms with Crippen molar-refractivity contribution in [1.29, 1.82) is 0 Å². The van der Waals surface area contributed by atoms with Crippen LogP contribution in [0.2, 0.25) is 10.0 Å². The fourth-order valence-corrected chi connectivity index (χ4v) is 2.42. The van der Waals surface area contributed by atoms with Crippen molar-refractivity contribution in [1.82, 2.24) is 4.90 Å². The smallest absolute Gasteiger partial charge is 0.0612 e.